The molecule has 1 saturated heterocycles. The Labute approximate surface area is 132 Å². The summed E-state index contributed by atoms with van der Waals surface area (Å²) in [5.74, 6) is 0.654. The van der Waals surface area contributed by atoms with Crippen LogP contribution in [-0.4, -0.2) is 31.4 Å². The molecule has 1 heterocycles. The Bertz CT molecular complexity index is 517. The van der Waals surface area contributed by atoms with E-state index in [9.17, 15) is 4.79 Å². The van der Waals surface area contributed by atoms with Gasteiger partial charge in [-0.05, 0) is 64.3 Å². The predicted octanol–water partition coefficient (Wildman–Crippen LogP) is 3.34. The quantitative estimate of drug-likeness (QED) is 0.895. The summed E-state index contributed by atoms with van der Waals surface area (Å²) < 4.78 is 10.7. The van der Waals surface area contributed by atoms with Gasteiger partial charge in [0.05, 0.1) is 12.8 Å². The van der Waals surface area contributed by atoms with E-state index in [4.69, 9.17) is 9.47 Å². The molecule has 122 valence electrons. The average molecular weight is 306 g/mol. The second-order valence-electron chi connectivity index (χ2n) is 6.66. The molecular weight excluding hydrogens is 280 g/mol. The molecule has 1 aliphatic rings. The molecule has 0 bridgehead atoms. The van der Waals surface area contributed by atoms with Crippen LogP contribution in [-0.2, 0) is 11.2 Å². The minimum absolute atomic E-state index is 0.476. The van der Waals surface area contributed by atoms with Gasteiger partial charge in [0.1, 0.15) is 11.4 Å². The second-order valence-corrected chi connectivity index (χ2v) is 6.66. The lowest BCUT2D eigenvalue weighted by molar-refractivity contribution is 0.0635. The van der Waals surface area contributed by atoms with E-state index in [0.717, 1.165) is 13.0 Å². The molecule has 22 heavy (non-hydrogen) atoms. The third kappa shape index (κ3) is 4.91. The molecule has 1 unspecified atom stereocenters. The smallest absolute Gasteiger partial charge is 0.412 e. The zero-order valence-corrected chi connectivity index (χ0v) is 13.9. The molecule has 0 saturated carbocycles. The maximum absolute atomic E-state index is 11.9. The fraction of sp³-hybridized carbons (Fsp3) is 0.588. The van der Waals surface area contributed by atoms with Gasteiger partial charge < -0.3 is 14.8 Å². The molecule has 0 aromatic heterocycles. The van der Waals surface area contributed by atoms with Crippen molar-refractivity contribution in [2.75, 3.05) is 19.0 Å². The number of carbonyl (C=O) groups excluding carboxylic acids is 1. The molecule has 1 fully saturated rings. The van der Waals surface area contributed by atoms with E-state index in [2.05, 4.69) is 10.6 Å². The molecule has 0 radical (unpaired) electrons. The summed E-state index contributed by atoms with van der Waals surface area (Å²) in [5.41, 5.74) is 1.30. The third-order valence-electron chi connectivity index (χ3n) is 3.55. The van der Waals surface area contributed by atoms with Crippen molar-refractivity contribution in [1.29, 1.82) is 0 Å². The molecule has 1 aromatic carbocycles. The minimum Gasteiger partial charge on any atom is -0.495 e. The van der Waals surface area contributed by atoms with E-state index >= 15 is 0 Å². The predicted molar refractivity (Wildman–Crippen MR) is 87.6 cm³/mol. The van der Waals surface area contributed by atoms with Gasteiger partial charge in [0, 0.05) is 6.04 Å². The monoisotopic (exact) mass is 306 g/mol. The summed E-state index contributed by atoms with van der Waals surface area (Å²) in [6, 6.07) is 6.41. The van der Waals surface area contributed by atoms with Crippen molar-refractivity contribution in [2.24, 2.45) is 0 Å². The van der Waals surface area contributed by atoms with Gasteiger partial charge in [0.15, 0.2) is 0 Å². The number of rotatable bonds is 4. The maximum Gasteiger partial charge on any atom is 0.412 e. The van der Waals surface area contributed by atoms with E-state index < -0.39 is 11.7 Å². The summed E-state index contributed by atoms with van der Waals surface area (Å²) in [6.07, 6.45) is 2.94. The molecule has 1 aromatic rings. The Morgan fingerprint density at radius 3 is 2.77 bits per heavy atom. The van der Waals surface area contributed by atoms with Gasteiger partial charge in [-0.1, -0.05) is 6.07 Å². The molecule has 1 amide bonds. The molecule has 1 aliphatic heterocycles. The number of ether oxygens (including phenoxy) is 2. The summed E-state index contributed by atoms with van der Waals surface area (Å²) in [5, 5.41) is 6.22. The van der Waals surface area contributed by atoms with E-state index in [1.807, 2.05) is 39.0 Å². The van der Waals surface area contributed by atoms with E-state index in [1.165, 1.54) is 18.4 Å². The molecule has 2 N–H and O–H groups in total. The number of carbonyl (C=O) groups is 1. The fourth-order valence-corrected chi connectivity index (χ4v) is 2.59. The van der Waals surface area contributed by atoms with Crippen molar-refractivity contribution < 1.29 is 14.3 Å². The number of hydrogen-bond donors (Lipinski definition) is 2. The lowest BCUT2D eigenvalue weighted by Crippen LogP contribution is -2.27. The topological polar surface area (TPSA) is 59.6 Å². The zero-order valence-electron chi connectivity index (χ0n) is 13.9. The Balaban J connectivity index is 2.03. The molecule has 5 heteroatoms. The highest BCUT2D eigenvalue weighted by atomic mass is 16.6. The molecule has 0 aliphatic carbocycles. The van der Waals surface area contributed by atoms with Crippen molar-refractivity contribution in [2.45, 2.75) is 51.7 Å². The number of amides is 1. The number of anilines is 1. The first-order chi connectivity index (χ1) is 10.4. The van der Waals surface area contributed by atoms with Gasteiger partial charge in [-0.25, -0.2) is 4.79 Å². The molecule has 5 nitrogen and oxygen atoms in total. The van der Waals surface area contributed by atoms with Crippen LogP contribution in [0, 0.1) is 0 Å². The Hall–Kier alpha value is -1.75. The van der Waals surface area contributed by atoms with Crippen LogP contribution in [0.2, 0.25) is 0 Å². The zero-order chi connectivity index (χ0) is 16.2. The van der Waals surface area contributed by atoms with E-state index in [-0.39, 0.29) is 0 Å². The first-order valence-corrected chi connectivity index (χ1v) is 7.78. The van der Waals surface area contributed by atoms with E-state index in [1.54, 1.807) is 7.11 Å². The van der Waals surface area contributed by atoms with Gasteiger partial charge in [-0.3, -0.25) is 5.32 Å². The summed E-state index contributed by atoms with van der Waals surface area (Å²) in [4.78, 5) is 11.9. The third-order valence-corrected chi connectivity index (χ3v) is 3.55. The van der Waals surface area contributed by atoms with Crippen LogP contribution in [0.5, 0.6) is 5.75 Å². The number of hydrogen-bond acceptors (Lipinski definition) is 4. The van der Waals surface area contributed by atoms with Crippen molar-refractivity contribution in [3.05, 3.63) is 23.8 Å². The van der Waals surface area contributed by atoms with Gasteiger partial charge >= 0.3 is 6.09 Å². The second kappa shape index (κ2) is 7.01. The van der Waals surface area contributed by atoms with Crippen molar-refractivity contribution >= 4 is 11.8 Å². The highest BCUT2D eigenvalue weighted by Crippen LogP contribution is 2.27. The Morgan fingerprint density at radius 1 is 1.41 bits per heavy atom. The standard InChI is InChI=1S/C17H26N2O3/c1-17(2,3)22-16(20)19-14-8-7-12(11-15(14)21-4)10-13-6-5-9-18-13/h7-8,11,13,18H,5-6,9-10H2,1-4H3,(H,19,20). The molecule has 2 rings (SSSR count). The molecule has 1 atom stereocenters. The van der Waals surface area contributed by atoms with Crippen LogP contribution in [0.4, 0.5) is 10.5 Å². The van der Waals surface area contributed by atoms with Gasteiger partial charge in [0.2, 0.25) is 0 Å². The Kier molecular flexibility index (Phi) is 5.29. The van der Waals surface area contributed by atoms with Crippen LogP contribution >= 0.6 is 0 Å². The van der Waals surface area contributed by atoms with Gasteiger partial charge in [-0.15, -0.1) is 0 Å². The van der Waals surface area contributed by atoms with Crippen LogP contribution in [0.25, 0.3) is 0 Å². The van der Waals surface area contributed by atoms with Crippen LogP contribution in [0.15, 0.2) is 18.2 Å². The largest absolute Gasteiger partial charge is 0.495 e. The summed E-state index contributed by atoms with van der Waals surface area (Å²) >= 11 is 0. The SMILES string of the molecule is COc1cc(CC2CCCN2)ccc1NC(=O)OC(C)(C)C. The van der Waals surface area contributed by atoms with E-state index in [0.29, 0.717) is 17.5 Å². The Morgan fingerprint density at radius 2 is 2.18 bits per heavy atom. The summed E-state index contributed by atoms with van der Waals surface area (Å²) in [6.45, 7) is 6.60. The lowest BCUT2D eigenvalue weighted by atomic mass is 10.0. The van der Waals surface area contributed by atoms with Crippen molar-refractivity contribution in [1.82, 2.24) is 5.32 Å². The van der Waals surface area contributed by atoms with Gasteiger partial charge in [0.25, 0.3) is 0 Å². The number of methoxy groups -OCH3 is 1. The highest BCUT2D eigenvalue weighted by Gasteiger charge is 2.18. The lowest BCUT2D eigenvalue weighted by Gasteiger charge is -2.20. The van der Waals surface area contributed by atoms with Crippen LogP contribution in [0.1, 0.15) is 39.2 Å². The van der Waals surface area contributed by atoms with Gasteiger partial charge in [-0.2, -0.15) is 0 Å². The molecular formula is C17H26N2O3. The average Bonchev–Trinajstić information content (AvgIpc) is 2.91. The fourth-order valence-electron chi connectivity index (χ4n) is 2.59. The van der Waals surface area contributed by atoms with Crippen LogP contribution < -0.4 is 15.4 Å². The maximum atomic E-state index is 11.9. The highest BCUT2D eigenvalue weighted by molar-refractivity contribution is 5.87. The minimum atomic E-state index is -0.522. The molecule has 0 spiro atoms. The first-order valence-electron chi connectivity index (χ1n) is 7.78. The first kappa shape index (κ1) is 16.6. The normalized spacial score (nSPS) is 18.1. The summed E-state index contributed by atoms with van der Waals surface area (Å²) in [7, 11) is 1.60. The number of nitrogens with one attached hydrogen (secondary N) is 2. The number of benzene rings is 1. The van der Waals surface area contributed by atoms with Crippen LogP contribution in [0.3, 0.4) is 0 Å². The van der Waals surface area contributed by atoms with Crippen molar-refractivity contribution in [3.63, 3.8) is 0 Å². The van der Waals surface area contributed by atoms with Crippen molar-refractivity contribution in [3.8, 4) is 5.75 Å².